The lowest BCUT2D eigenvalue weighted by molar-refractivity contribution is 0.0992. The number of methoxy groups -OCH3 is 1. The molecule has 0 amide bonds. The summed E-state index contributed by atoms with van der Waals surface area (Å²) in [6, 6.07) is 2.83. The molecule has 18 heavy (non-hydrogen) atoms. The van der Waals surface area contributed by atoms with Crippen LogP contribution in [0.3, 0.4) is 0 Å². The first kappa shape index (κ1) is 16.6. The summed E-state index contributed by atoms with van der Waals surface area (Å²) in [5.41, 5.74) is 5.97. The predicted molar refractivity (Wildman–Crippen MR) is 85.2 cm³/mol. The van der Waals surface area contributed by atoms with Crippen molar-refractivity contribution in [2.45, 2.75) is 25.9 Å². The van der Waals surface area contributed by atoms with E-state index in [1.54, 1.807) is 18.4 Å². The third kappa shape index (κ3) is 4.28. The molecule has 6 heteroatoms. The number of hydrogen-bond acceptors (Lipinski definition) is 4. The summed E-state index contributed by atoms with van der Waals surface area (Å²) in [5, 5.41) is 0. The molecule has 104 valence electrons. The first-order valence-corrected chi connectivity index (χ1v) is 8.31. The number of ether oxygens (including phenoxy) is 1. The smallest absolute Gasteiger partial charge is 0.0843 e. The van der Waals surface area contributed by atoms with Gasteiger partial charge in [-0.05, 0) is 51.8 Å². The second kappa shape index (κ2) is 7.97. The molecule has 0 fully saturated rings. The van der Waals surface area contributed by atoms with Crippen molar-refractivity contribution in [1.29, 1.82) is 0 Å². The van der Waals surface area contributed by atoms with Crippen LogP contribution in [0.25, 0.3) is 0 Å². The van der Waals surface area contributed by atoms with Gasteiger partial charge < -0.3 is 10.5 Å². The zero-order chi connectivity index (χ0) is 13.7. The lowest BCUT2D eigenvalue weighted by atomic mass is 10.1. The number of nitrogens with zero attached hydrogens (tertiary/aromatic N) is 1. The maximum absolute atomic E-state index is 5.97. The zero-order valence-corrected chi connectivity index (χ0v) is 14.9. The van der Waals surface area contributed by atoms with Crippen molar-refractivity contribution in [2.75, 3.05) is 26.8 Å². The number of halogens is 2. The highest BCUT2D eigenvalue weighted by Crippen LogP contribution is 2.37. The van der Waals surface area contributed by atoms with Gasteiger partial charge in [0, 0.05) is 35.6 Å². The number of nitrogens with two attached hydrogens (primary N) is 1. The van der Waals surface area contributed by atoms with Crippen LogP contribution in [-0.2, 0) is 4.74 Å². The molecule has 1 aromatic rings. The molecule has 0 aliphatic heterocycles. The first-order valence-electron chi connectivity index (χ1n) is 5.90. The molecular formula is C12H20Br2N2OS. The van der Waals surface area contributed by atoms with Gasteiger partial charge in [0.2, 0.25) is 0 Å². The first-order chi connectivity index (χ1) is 8.51. The van der Waals surface area contributed by atoms with Crippen LogP contribution in [0.4, 0.5) is 0 Å². The zero-order valence-electron chi connectivity index (χ0n) is 11.0. The highest BCUT2D eigenvalue weighted by Gasteiger charge is 2.23. The maximum Gasteiger partial charge on any atom is 0.0843 e. The van der Waals surface area contributed by atoms with Gasteiger partial charge in [-0.25, -0.2) is 0 Å². The summed E-state index contributed by atoms with van der Waals surface area (Å²) in [4.78, 5) is 3.66. The minimum absolute atomic E-state index is 0.243. The lowest BCUT2D eigenvalue weighted by Gasteiger charge is -2.33. The topological polar surface area (TPSA) is 38.5 Å². The van der Waals surface area contributed by atoms with E-state index in [0.717, 1.165) is 21.4 Å². The van der Waals surface area contributed by atoms with Gasteiger partial charge in [-0.3, -0.25) is 4.90 Å². The van der Waals surface area contributed by atoms with E-state index in [1.807, 2.05) is 0 Å². The van der Waals surface area contributed by atoms with Crippen molar-refractivity contribution in [2.24, 2.45) is 5.73 Å². The normalized spacial score (nSPS) is 13.6. The van der Waals surface area contributed by atoms with Gasteiger partial charge >= 0.3 is 0 Å². The Morgan fingerprint density at radius 3 is 2.50 bits per heavy atom. The summed E-state index contributed by atoms with van der Waals surface area (Å²) in [5.74, 6) is 0. The van der Waals surface area contributed by atoms with Gasteiger partial charge in [0.15, 0.2) is 0 Å². The molecule has 1 aromatic heterocycles. The van der Waals surface area contributed by atoms with E-state index in [1.165, 1.54) is 4.88 Å². The standard InChI is InChI=1S/C12H20Br2N2OS/c1-8(2)16(4-5-17-3)10(7-15)11-6-9(13)12(14)18-11/h6,8,10H,4-5,7,15H2,1-3H3. The van der Waals surface area contributed by atoms with Crippen LogP contribution >= 0.6 is 43.2 Å². The fraction of sp³-hybridized carbons (Fsp3) is 0.667. The summed E-state index contributed by atoms with van der Waals surface area (Å²) in [7, 11) is 1.73. The van der Waals surface area contributed by atoms with Gasteiger partial charge in [-0.1, -0.05) is 0 Å². The van der Waals surface area contributed by atoms with Gasteiger partial charge in [0.1, 0.15) is 0 Å². The molecule has 1 rings (SSSR count). The van der Waals surface area contributed by atoms with E-state index in [-0.39, 0.29) is 6.04 Å². The molecule has 0 aliphatic carbocycles. The maximum atomic E-state index is 5.97. The Morgan fingerprint density at radius 1 is 1.44 bits per heavy atom. The van der Waals surface area contributed by atoms with E-state index in [9.17, 15) is 0 Å². The Hall–Kier alpha value is 0.540. The second-order valence-electron chi connectivity index (χ2n) is 4.35. The third-order valence-corrected chi connectivity index (χ3v) is 6.19. The van der Waals surface area contributed by atoms with Crippen LogP contribution in [0, 0.1) is 0 Å². The SMILES string of the molecule is COCCN(C(C)C)C(CN)c1cc(Br)c(Br)s1. The molecule has 0 saturated heterocycles. The van der Waals surface area contributed by atoms with Crippen LogP contribution in [-0.4, -0.2) is 37.7 Å². The number of hydrogen-bond donors (Lipinski definition) is 1. The summed E-state index contributed by atoms with van der Waals surface area (Å²) in [6.45, 7) is 6.61. The molecule has 0 aliphatic rings. The Labute approximate surface area is 130 Å². The van der Waals surface area contributed by atoms with Gasteiger partial charge in [-0.2, -0.15) is 0 Å². The molecule has 1 unspecified atom stereocenters. The second-order valence-corrected chi connectivity index (χ2v) is 7.60. The molecule has 2 N–H and O–H groups in total. The van der Waals surface area contributed by atoms with Crippen LogP contribution in [0.5, 0.6) is 0 Å². The molecule has 0 spiro atoms. The van der Waals surface area contributed by atoms with Crippen molar-refractivity contribution in [3.8, 4) is 0 Å². The predicted octanol–water partition coefficient (Wildman–Crippen LogP) is 3.63. The van der Waals surface area contributed by atoms with Gasteiger partial charge in [0.25, 0.3) is 0 Å². The summed E-state index contributed by atoms with van der Waals surface area (Å²) < 4.78 is 7.40. The summed E-state index contributed by atoms with van der Waals surface area (Å²) in [6.07, 6.45) is 0. The van der Waals surface area contributed by atoms with Crippen molar-refractivity contribution in [3.05, 3.63) is 19.2 Å². The highest BCUT2D eigenvalue weighted by atomic mass is 79.9. The average molecular weight is 400 g/mol. The molecular weight excluding hydrogens is 380 g/mol. The fourth-order valence-corrected chi connectivity index (χ4v) is 4.14. The highest BCUT2D eigenvalue weighted by molar-refractivity contribution is 9.13. The Bertz CT molecular complexity index is 351. The minimum Gasteiger partial charge on any atom is -0.383 e. The van der Waals surface area contributed by atoms with E-state index in [4.69, 9.17) is 10.5 Å². The average Bonchev–Trinajstić information content (AvgIpc) is 2.64. The van der Waals surface area contributed by atoms with E-state index >= 15 is 0 Å². The van der Waals surface area contributed by atoms with E-state index in [0.29, 0.717) is 12.6 Å². The largest absolute Gasteiger partial charge is 0.383 e. The van der Waals surface area contributed by atoms with Crippen molar-refractivity contribution in [3.63, 3.8) is 0 Å². The van der Waals surface area contributed by atoms with Gasteiger partial charge in [-0.15, -0.1) is 11.3 Å². The molecule has 1 heterocycles. The molecule has 0 aromatic carbocycles. The van der Waals surface area contributed by atoms with Crippen molar-refractivity contribution >= 4 is 43.2 Å². The monoisotopic (exact) mass is 398 g/mol. The minimum atomic E-state index is 0.243. The third-order valence-electron chi connectivity index (χ3n) is 2.83. The van der Waals surface area contributed by atoms with Crippen molar-refractivity contribution in [1.82, 2.24) is 4.90 Å². The van der Waals surface area contributed by atoms with Crippen LogP contribution in [0.1, 0.15) is 24.8 Å². The van der Waals surface area contributed by atoms with Crippen LogP contribution in [0.2, 0.25) is 0 Å². The van der Waals surface area contributed by atoms with Crippen LogP contribution in [0.15, 0.2) is 14.3 Å². The molecule has 0 bridgehead atoms. The number of rotatable bonds is 7. The molecule has 0 radical (unpaired) electrons. The lowest BCUT2D eigenvalue weighted by Crippen LogP contribution is -2.40. The molecule has 1 atom stereocenters. The molecule has 3 nitrogen and oxygen atoms in total. The van der Waals surface area contributed by atoms with E-state index < -0.39 is 0 Å². The Balaban J connectivity index is 2.90. The number of thiophene rings is 1. The van der Waals surface area contributed by atoms with Gasteiger partial charge in [0.05, 0.1) is 16.4 Å². The fourth-order valence-electron chi connectivity index (χ4n) is 1.91. The van der Waals surface area contributed by atoms with Crippen molar-refractivity contribution < 1.29 is 4.74 Å². The molecule has 0 saturated carbocycles. The Morgan fingerprint density at radius 2 is 2.11 bits per heavy atom. The van der Waals surface area contributed by atoms with Crippen LogP contribution < -0.4 is 5.73 Å². The quantitative estimate of drug-likeness (QED) is 0.760. The Kier molecular flexibility index (Phi) is 7.35. The summed E-state index contributed by atoms with van der Waals surface area (Å²) >= 11 is 8.81. The van der Waals surface area contributed by atoms with E-state index in [2.05, 4.69) is 56.7 Å².